The van der Waals surface area contributed by atoms with Crippen LogP contribution in [0.1, 0.15) is 24.6 Å². The van der Waals surface area contributed by atoms with E-state index in [9.17, 15) is 0 Å². The third-order valence-electron chi connectivity index (χ3n) is 2.77. The lowest BCUT2D eigenvalue weighted by atomic mass is 9.89. The summed E-state index contributed by atoms with van der Waals surface area (Å²) in [6.45, 7) is 2.08. The summed E-state index contributed by atoms with van der Waals surface area (Å²) in [7, 11) is 1.77. The van der Waals surface area contributed by atoms with Crippen LogP contribution in [0.15, 0.2) is 6.20 Å². The smallest absolute Gasteiger partial charge is 0.177 e. The minimum atomic E-state index is 0.432. The normalized spacial score (nSPS) is 27.2. The van der Waals surface area contributed by atoms with Gasteiger partial charge in [0.2, 0.25) is 0 Å². The van der Waals surface area contributed by atoms with Crippen molar-refractivity contribution in [1.82, 2.24) is 9.55 Å². The third-order valence-corrected chi connectivity index (χ3v) is 3.09. The minimum absolute atomic E-state index is 0.432. The zero-order chi connectivity index (χ0) is 9.42. The van der Waals surface area contributed by atoms with Crippen LogP contribution >= 0.6 is 12.2 Å². The van der Waals surface area contributed by atoms with E-state index in [1.165, 1.54) is 5.69 Å². The second kappa shape index (κ2) is 3.27. The molecule has 1 aliphatic rings. The molecular formula is C9H14N2OS. The van der Waals surface area contributed by atoms with Crippen molar-refractivity contribution in [2.24, 2.45) is 0 Å². The Hall–Kier alpha value is -0.610. The van der Waals surface area contributed by atoms with E-state index >= 15 is 0 Å². The molecule has 2 rings (SSSR count). The molecule has 4 heteroatoms. The number of nitrogens with one attached hydrogen (secondary N) is 1. The van der Waals surface area contributed by atoms with E-state index < -0.39 is 0 Å². The molecule has 1 aromatic heterocycles. The van der Waals surface area contributed by atoms with Crippen molar-refractivity contribution < 1.29 is 4.74 Å². The first-order chi connectivity index (χ1) is 6.22. The van der Waals surface area contributed by atoms with Crippen molar-refractivity contribution in [3.8, 4) is 0 Å². The highest BCUT2D eigenvalue weighted by Gasteiger charge is 2.31. The van der Waals surface area contributed by atoms with Crippen LogP contribution in [0.4, 0.5) is 0 Å². The molecule has 1 N–H and O–H groups in total. The molecular weight excluding hydrogens is 184 g/mol. The third kappa shape index (κ3) is 1.44. The Morgan fingerprint density at radius 2 is 2.31 bits per heavy atom. The van der Waals surface area contributed by atoms with Crippen LogP contribution < -0.4 is 0 Å². The highest BCUT2D eigenvalue weighted by atomic mass is 32.1. The van der Waals surface area contributed by atoms with Gasteiger partial charge in [0.15, 0.2) is 4.77 Å². The highest BCUT2D eigenvalue weighted by molar-refractivity contribution is 7.71. The van der Waals surface area contributed by atoms with Gasteiger partial charge >= 0.3 is 0 Å². The molecule has 0 aliphatic heterocycles. The van der Waals surface area contributed by atoms with E-state index in [1.54, 1.807) is 7.11 Å². The Morgan fingerprint density at radius 3 is 2.77 bits per heavy atom. The van der Waals surface area contributed by atoms with Gasteiger partial charge in [0.05, 0.1) is 6.10 Å². The quantitative estimate of drug-likeness (QED) is 0.738. The van der Waals surface area contributed by atoms with Gasteiger partial charge in [-0.3, -0.25) is 0 Å². The summed E-state index contributed by atoms with van der Waals surface area (Å²) in [6.07, 6.45) is 4.57. The number of hydrogen-bond acceptors (Lipinski definition) is 2. The summed E-state index contributed by atoms with van der Waals surface area (Å²) < 4.78 is 8.25. The summed E-state index contributed by atoms with van der Waals surface area (Å²) in [5.41, 5.74) is 1.21. The zero-order valence-corrected chi connectivity index (χ0v) is 8.73. The number of imidazole rings is 1. The van der Waals surface area contributed by atoms with E-state index in [0.717, 1.165) is 17.6 Å². The van der Waals surface area contributed by atoms with Crippen LogP contribution in [0.3, 0.4) is 0 Å². The standard InChI is InChI=1S/C9H14N2OS/c1-6-5-10-9(13)11(6)7-3-8(4-7)12-2/h5,7-8H,3-4H2,1-2H3,(H,10,13). The van der Waals surface area contributed by atoms with Gasteiger partial charge in [-0.05, 0) is 32.0 Å². The number of methoxy groups -OCH3 is 1. The SMILES string of the molecule is COC1CC(n2c(C)c[nH]c2=S)C1. The molecule has 0 spiro atoms. The van der Waals surface area contributed by atoms with Crippen LogP contribution in [-0.4, -0.2) is 22.8 Å². The molecule has 1 aliphatic carbocycles. The second-order valence-corrected chi connectivity index (χ2v) is 3.97. The van der Waals surface area contributed by atoms with Gasteiger partial charge in [0, 0.05) is 25.0 Å². The van der Waals surface area contributed by atoms with E-state index in [0.29, 0.717) is 12.1 Å². The average Bonchev–Trinajstić information content (AvgIpc) is 2.33. The number of hydrogen-bond donors (Lipinski definition) is 1. The van der Waals surface area contributed by atoms with E-state index in [4.69, 9.17) is 17.0 Å². The van der Waals surface area contributed by atoms with Gasteiger partial charge in [-0.25, -0.2) is 0 Å². The Labute approximate surface area is 82.7 Å². The number of nitrogens with zero attached hydrogens (tertiary/aromatic N) is 1. The van der Waals surface area contributed by atoms with Gasteiger partial charge in [0.1, 0.15) is 0 Å². The molecule has 13 heavy (non-hydrogen) atoms. The molecule has 1 heterocycles. The maximum Gasteiger partial charge on any atom is 0.177 e. The highest BCUT2D eigenvalue weighted by Crippen LogP contribution is 2.34. The molecule has 0 radical (unpaired) electrons. The van der Waals surface area contributed by atoms with E-state index in [-0.39, 0.29) is 0 Å². The number of ether oxygens (including phenoxy) is 1. The average molecular weight is 198 g/mol. The summed E-state index contributed by atoms with van der Waals surface area (Å²) >= 11 is 5.19. The molecule has 1 aromatic rings. The molecule has 0 unspecified atom stereocenters. The Balaban J connectivity index is 2.15. The van der Waals surface area contributed by atoms with Crippen molar-refractivity contribution >= 4 is 12.2 Å². The molecule has 0 bridgehead atoms. The topological polar surface area (TPSA) is 29.9 Å². The molecule has 0 aromatic carbocycles. The first-order valence-electron chi connectivity index (χ1n) is 4.51. The molecule has 72 valence electrons. The van der Waals surface area contributed by atoms with Crippen molar-refractivity contribution in [2.75, 3.05) is 7.11 Å². The summed E-state index contributed by atoms with van der Waals surface area (Å²) in [5, 5.41) is 0. The molecule has 0 saturated heterocycles. The van der Waals surface area contributed by atoms with Gasteiger partial charge in [-0.1, -0.05) is 0 Å². The molecule has 1 fully saturated rings. The van der Waals surface area contributed by atoms with Crippen LogP contribution in [0.5, 0.6) is 0 Å². The van der Waals surface area contributed by atoms with Crippen molar-refractivity contribution in [1.29, 1.82) is 0 Å². The summed E-state index contributed by atoms with van der Waals surface area (Å²) in [4.78, 5) is 3.06. The van der Waals surface area contributed by atoms with Crippen LogP contribution in [0.25, 0.3) is 0 Å². The number of rotatable bonds is 2. The fourth-order valence-corrected chi connectivity index (χ4v) is 2.21. The summed E-state index contributed by atoms with van der Waals surface area (Å²) in [6, 6.07) is 0.545. The predicted octanol–water partition coefficient (Wildman–Crippen LogP) is 2.20. The van der Waals surface area contributed by atoms with Gasteiger partial charge in [0.25, 0.3) is 0 Å². The number of aromatic nitrogens is 2. The van der Waals surface area contributed by atoms with Gasteiger partial charge in [-0.2, -0.15) is 0 Å². The Morgan fingerprint density at radius 1 is 1.62 bits per heavy atom. The lowest BCUT2D eigenvalue weighted by Crippen LogP contribution is -2.32. The maximum atomic E-state index is 5.24. The van der Waals surface area contributed by atoms with E-state index in [2.05, 4.69) is 16.5 Å². The first-order valence-corrected chi connectivity index (χ1v) is 4.92. The fourth-order valence-electron chi connectivity index (χ4n) is 1.86. The molecule has 1 saturated carbocycles. The van der Waals surface area contributed by atoms with Crippen molar-refractivity contribution in [3.63, 3.8) is 0 Å². The lowest BCUT2D eigenvalue weighted by Gasteiger charge is -2.35. The van der Waals surface area contributed by atoms with Crippen LogP contribution in [0, 0.1) is 11.7 Å². The van der Waals surface area contributed by atoms with Crippen LogP contribution in [-0.2, 0) is 4.74 Å². The Bertz CT molecular complexity index is 349. The van der Waals surface area contributed by atoms with Crippen molar-refractivity contribution in [3.05, 3.63) is 16.7 Å². The lowest BCUT2D eigenvalue weighted by molar-refractivity contribution is 0.00527. The van der Waals surface area contributed by atoms with E-state index in [1.807, 2.05) is 6.20 Å². The fraction of sp³-hybridized carbons (Fsp3) is 0.667. The minimum Gasteiger partial charge on any atom is -0.381 e. The first kappa shape index (κ1) is 8.97. The molecule has 3 nitrogen and oxygen atoms in total. The van der Waals surface area contributed by atoms with Gasteiger partial charge in [-0.15, -0.1) is 0 Å². The van der Waals surface area contributed by atoms with Crippen molar-refractivity contribution in [2.45, 2.75) is 31.9 Å². The number of H-pyrrole nitrogens is 1. The Kier molecular flexibility index (Phi) is 2.26. The molecule has 0 atom stereocenters. The maximum absolute atomic E-state index is 5.24. The largest absolute Gasteiger partial charge is 0.381 e. The van der Waals surface area contributed by atoms with Crippen LogP contribution in [0.2, 0.25) is 0 Å². The monoisotopic (exact) mass is 198 g/mol. The number of aryl methyl sites for hydroxylation is 1. The second-order valence-electron chi connectivity index (χ2n) is 3.59. The summed E-state index contributed by atoms with van der Waals surface area (Å²) in [5.74, 6) is 0. The zero-order valence-electron chi connectivity index (χ0n) is 7.91. The molecule has 0 amide bonds. The van der Waals surface area contributed by atoms with Gasteiger partial charge < -0.3 is 14.3 Å². The number of aromatic amines is 1. The predicted molar refractivity (Wildman–Crippen MR) is 53.4 cm³/mol.